The molecule has 0 saturated carbocycles. The first-order valence-electron chi connectivity index (χ1n) is 11.3. The van der Waals surface area contributed by atoms with Crippen LogP contribution in [0.1, 0.15) is 16.7 Å². The van der Waals surface area contributed by atoms with E-state index in [-0.39, 0.29) is 27.0 Å². The van der Waals surface area contributed by atoms with E-state index in [1.54, 1.807) is 35.7 Å². The summed E-state index contributed by atoms with van der Waals surface area (Å²) in [6.07, 6.45) is 1.54. The van der Waals surface area contributed by atoms with E-state index in [9.17, 15) is 22.1 Å². The summed E-state index contributed by atoms with van der Waals surface area (Å²) in [7, 11) is -7.41. The third kappa shape index (κ3) is 6.17. The normalized spacial score (nSPS) is 15.6. The van der Waals surface area contributed by atoms with Crippen molar-refractivity contribution < 1.29 is 30.0 Å². The zero-order valence-corrected chi connectivity index (χ0v) is 23.4. The summed E-state index contributed by atoms with van der Waals surface area (Å²) in [5.74, 6) is -0.355. The first kappa shape index (κ1) is 28.0. The number of aryl methyl sites for hydroxylation is 2. The fraction of sp³-hybridized carbons (Fsp3) is 0.111. The van der Waals surface area contributed by atoms with Crippen molar-refractivity contribution in [3.8, 4) is 17.6 Å². The van der Waals surface area contributed by atoms with Gasteiger partial charge in [0.05, 0.1) is 17.6 Å². The summed E-state index contributed by atoms with van der Waals surface area (Å²) in [4.78, 5) is 0.0350. The standard InChI is InChI=1S/C27H22N2O7S3/c1-18-8-10-20(11-9-18)38(30,31)35-25-13-12-21(16-26(25)34-3)39(32,33)36-29-24-14-15-37-27(24)23(17-28)22-7-5-4-6-19(22)2/h4-16H,1-3H3. The molecule has 0 aliphatic carbocycles. The largest absolute Gasteiger partial charge is 0.493 e. The highest BCUT2D eigenvalue weighted by atomic mass is 32.2. The van der Waals surface area contributed by atoms with E-state index in [0.717, 1.165) is 29.3 Å². The van der Waals surface area contributed by atoms with Crippen LogP contribution in [0.2, 0.25) is 0 Å². The van der Waals surface area contributed by atoms with E-state index in [0.29, 0.717) is 16.0 Å². The predicted octanol–water partition coefficient (Wildman–Crippen LogP) is 5.34. The zero-order valence-electron chi connectivity index (χ0n) is 21.0. The van der Waals surface area contributed by atoms with Gasteiger partial charge in [0.1, 0.15) is 21.6 Å². The van der Waals surface area contributed by atoms with Crippen LogP contribution in [0.4, 0.5) is 0 Å². The lowest BCUT2D eigenvalue weighted by Gasteiger charge is -2.12. The predicted molar refractivity (Wildman–Crippen MR) is 148 cm³/mol. The van der Waals surface area contributed by atoms with Crippen LogP contribution in [-0.2, 0) is 24.5 Å². The molecule has 12 heteroatoms. The van der Waals surface area contributed by atoms with Gasteiger partial charge in [-0.2, -0.15) is 22.1 Å². The second-order valence-corrected chi connectivity index (χ2v) is 12.2. The molecule has 0 saturated heterocycles. The molecule has 3 aromatic rings. The average molecular weight is 583 g/mol. The highest BCUT2D eigenvalue weighted by Crippen LogP contribution is 2.36. The van der Waals surface area contributed by atoms with Crippen molar-refractivity contribution in [1.29, 1.82) is 5.26 Å². The molecular weight excluding hydrogens is 561 g/mol. The summed E-state index contributed by atoms with van der Waals surface area (Å²) >= 11 is 1.22. The Bertz CT molecular complexity index is 1770. The number of thioether (sulfide) groups is 1. The molecule has 0 atom stereocenters. The van der Waals surface area contributed by atoms with Gasteiger partial charge in [0.2, 0.25) is 0 Å². The van der Waals surface area contributed by atoms with Crippen LogP contribution in [0.25, 0.3) is 5.57 Å². The van der Waals surface area contributed by atoms with Crippen molar-refractivity contribution in [3.63, 3.8) is 0 Å². The van der Waals surface area contributed by atoms with Gasteiger partial charge < -0.3 is 8.92 Å². The second kappa shape index (κ2) is 11.4. The number of ether oxygens (including phenoxy) is 1. The average Bonchev–Trinajstić information content (AvgIpc) is 3.37. The molecule has 0 unspecified atom stereocenters. The minimum absolute atomic E-state index is 0.0696. The van der Waals surface area contributed by atoms with Crippen molar-refractivity contribution in [3.05, 3.63) is 99.8 Å². The number of methoxy groups -OCH3 is 1. The van der Waals surface area contributed by atoms with E-state index in [1.807, 2.05) is 26.0 Å². The fourth-order valence-electron chi connectivity index (χ4n) is 3.52. The van der Waals surface area contributed by atoms with Crippen LogP contribution in [0.15, 0.2) is 98.1 Å². The molecule has 9 nitrogen and oxygen atoms in total. The number of hydrogen-bond donors (Lipinski definition) is 0. The lowest BCUT2D eigenvalue weighted by molar-refractivity contribution is 0.338. The van der Waals surface area contributed by atoms with Gasteiger partial charge in [-0.1, -0.05) is 58.9 Å². The van der Waals surface area contributed by atoms with Crippen molar-refractivity contribution >= 4 is 43.3 Å². The van der Waals surface area contributed by atoms with Gasteiger partial charge in [-0.25, -0.2) is 0 Å². The number of benzene rings is 3. The highest BCUT2D eigenvalue weighted by Gasteiger charge is 2.25. The SMILES string of the molecule is COc1cc(S(=O)(=O)ON=C2C=CSC2=C(C#N)c2ccccc2C)ccc1OS(=O)(=O)c1ccc(C)cc1. The third-order valence-electron chi connectivity index (χ3n) is 5.56. The van der Waals surface area contributed by atoms with Gasteiger partial charge in [0.25, 0.3) is 0 Å². The van der Waals surface area contributed by atoms with E-state index in [2.05, 4.69) is 11.2 Å². The Morgan fingerprint density at radius 3 is 2.26 bits per heavy atom. The molecule has 3 aromatic carbocycles. The zero-order chi connectivity index (χ0) is 28.2. The smallest absolute Gasteiger partial charge is 0.358 e. The summed E-state index contributed by atoms with van der Waals surface area (Å²) in [5, 5.41) is 15.3. The maximum Gasteiger partial charge on any atom is 0.358 e. The maximum atomic E-state index is 12.9. The van der Waals surface area contributed by atoms with Crippen LogP contribution < -0.4 is 8.92 Å². The fourth-order valence-corrected chi connectivity index (χ4v) is 6.05. The van der Waals surface area contributed by atoms with Crippen molar-refractivity contribution in [2.75, 3.05) is 7.11 Å². The van der Waals surface area contributed by atoms with Gasteiger partial charge in [-0.05, 0) is 60.7 Å². The van der Waals surface area contributed by atoms with E-state index < -0.39 is 20.2 Å². The highest BCUT2D eigenvalue weighted by molar-refractivity contribution is 8.07. The molecular formula is C27H22N2O7S3. The number of nitriles is 1. The van der Waals surface area contributed by atoms with Gasteiger partial charge in [0.15, 0.2) is 11.5 Å². The molecule has 0 bridgehead atoms. The Morgan fingerprint density at radius 1 is 0.897 bits per heavy atom. The van der Waals surface area contributed by atoms with Crippen molar-refractivity contribution in [2.45, 2.75) is 23.6 Å². The molecule has 0 N–H and O–H groups in total. The Kier molecular flexibility index (Phi) is 8.15. The van der Waals surface area contributed by atoms with Crippen LogP contribution in [-0.4, -0.2) is 29.7 Å². The van der Waals surface area contributed by atoms with Crippen LogP contribution in [0.5, 0.6) is 11.5 Å². The molecule has 1 aliphatic rings. The lowest BCUT2D eigenvalue weighted by atomic mass is 10.0. The van der Waals surface area contributed by atoms with Crippen LogP contribution in [0, 0.1) is 25.2 Å². The topological polar surface area (TPSA) is 132 Å². The Labute approximate surface area is 231 Å². The number of hydrogen-bond acceptors (Lipinski definition) is 10. The molecule has 0 aromatic heterocycles. The molecule has 1 aliphatic heterocycles. The lowest BCUT2D eigenvalue weighted by Crippen LogP contribution is -2.11. The van der Waals surface area contributed by atoms with Crippen LogP contribution >= 0.6 is 11.8 Å². The Morgan fingerprint density at radius 2 is 1.59 bits per heavy atom. The molecule has 0 radical (unpaired) electrons. The van der Waals surface area contributed by atoms with Gasteiger partial charge >= 0.3 is 20.2 Å². The van der Waals surface area contributed by atoms with E-state index in [1.165, 1.54) is 31.0 Å². The molecule has 0 fully saturated rings. The number of oxime groups is 1. The monoisotopic (exact) mass is 582 g/mol. The third-order valence-corrected chi connectivity index (χ3v) is 8.84. The van der Waals surface area contributed by atoms with Gasteiger partial charge in [-0.15, -0.1) is 0 Å². The van der Waals surface area contributed by atoms with Crippen molar-refractivity contribution in [1.82, 2.24) is 0 Å². The van der Waals surface area contributed by atoms with E-state index >= 15 is 0 Å². The number of nitrogens with zero attached hydrogens (tertiary/aromatic N) is 2. The summed E-state index contributed by atoms with van der Waals surface area (Å²) in [5.41, 5.74) is 2.95. The summed E-state index contributed by atoms with van der Waals surface area (Å²) < 4.78 is 66.5. The Balaban J connectivity index is 1.61. The molecule has 39 heavy (non-hydrogen) atoms. The molecule has 0 amide bonds. The quantitative estimate of drug-likeness (QED) is 0.196. The minimum atomic E-state index is -4.45. The molecule has 0 spiro atoms. The number of rotatable bonds is 8. The van der Waals surface area contributed by atoms with Crippen LogP contribution in [0.3, 0.4) is 0 Å². The van der Waals surface area contributed by atoms with Crippen molar-refractivity contribution in [2.24, 2.45) is 5.16 Å². The summed E-state index contributed by atoms with van der Waals surface area (Å²) in [6.45, 7) is 3.68. The molecule has 1 heterocycles. The Hall–Kier alpha value is -4.05. The first-order valence-corrected chi connectivity index (χ1v) is 15.0. The maximum absolute atomic E-state index is 12.9. The number of allylic oxidation sites excluding steroid dienone is 3. The molecule has 4 rings (SSSR count). The van der Waals surface area contributed by atoms with E-state index in [4.69, 9.17) is 13.2 Å². The molecule has 200 valence electrons. The second-order valence-electron chi connectivity index (χ2n) is 8.22. The van der Waals surface area contributed by atoms with Gasteiger partial charge in [-0.3, -0.25) is 4.28 Å². The summed E-state index contributed by atoms with van der Waals surface area (Å²) in [6, 6.07) is 18.9. The van der Waals surface area contributed by atoms with Gasteiger partial charge in [0, 0.05) is 6.07 Å². The minimum Gasteiger partial charge on any atom is -0.493 e. The first-order chi connectivity index (χ1) is 18.6.